The number of rotatable bonds is 6. The van der Waals surface area contributed by atoms with Gasteiger partial charge in [0, 0.05) is 15.6 Å². The Morgan fingerprint density at radius 3 is 2.63 bits per heavy atom. The first-order valence-electron chi connectivity index (χ1n) is 10.7. The van der Waals surface area contributed by atoms with Crippen molar-refractivity contribution in [3.63, 3.8) is 0 Å². The highest BCUT2D eigenvalue weighted by Gasteiger charge is 2.35. The molecule has 1 unspecified atom stereocenters. The van der Waals surface area contributed by atoms with Gasteiger partial charge in [0.1, 0.15) is 11.8 Å². The first kappa shape index (κ1) is 24.7. The van der Waals surface area contributed by atoms with Crippen molar-refractivity contribution in [2.75, 3.05) is 20.8 Å². The minimum Gasteiger partial charge on any atom is -0.504 e. The number of carbonyl (C=O) groups excluding carboxylic acids is 1. The summed E-state index contributed by atoms with van der Waals surface area (Å²) in [4.78, 5) is 31.7. The summed E-state index contributed by atoms with van der Waals surface area (Å²) in [6.45, 7) is 3.62. The zero-order valence-electron chi connectivity index (χ0n) is 19.5. The molecule has 8 nitrogen and oxygen atoms in total. The van der Waals surface area contributed by atoms with Crippen LogP contribution in [0.3, 0.4) is 0 Å². The molecule has 1 aliphatic rings. The van der Waals surface area contributed by atoms with Gasteiger partial charge in [-0.25, -0.2) is 9.79 Å². The lowest BCUT2D eigenvalue weighted by Gasteiger charge is -2.25. The summed E-state index contributed by atoms with van der Waals surface area (Å²) in [5, 5.41) is 10.6. The highest BCUT2D eigenvalue weighted by molar-refractivity contribution is 9.10. The van der Waals surface area contributed by atoms with Gasteiger partial charge in [0.15, 0.2) is 16.3 Å². The van der Waals surface area contributed by atoms with E-state index < -0.39 is 12.0 Å². The number of phenolic OH excluding ortho intramolecular Hbond substituents is 1. The van der Waals surface area contributed by atoms with Gasteiger partial charge < -0.3 is 19.3 Å². The number of thiazole rings is 1. The largest absolute Gasteiger partial charge is 0.504 e. The number of benzene rings is 2. The topological polar surface area (TPSA) is 99.4 Å². The second-order valence-electron chi connectivity index (χ2n) is 7.59. The second kappa shape index (κ2) is 10.1. The summed E-state index contributed by atoms with van der Waals surface area (Å²) in [6.07, 6.45) is 1.58. The fraction of sp³-hybridized carbons (Fsp3) is 0.240. The van der Waals surface area contributed by atoms with Crippen molar-refractivity contribution in [1.29, 1.82) is 0 Å². The van der Waals surface area contributed by atoms with Crippen LogP contribution >= 0.6 is 27.3 Å². The molecule has 10 heteroatoms. The van der Waals surface area contributed by atoms with Crippen LogP contribution in [0.1, 0.15) is 31.0 Å². The first-order valence-corrected chi connectivity index (χ1v) is 12.3. The van der Waals surface area contributed by atoms with Gasteiger partial charge in [0.25, 0.3) is 5.56 Å². The quantitative estimate of drug-likeness (QED) is 0.466. The fourth-order valence-corrected chi connectivity index (χ4v) is 5.47. The van der Waals surface area contributed by atoms with E-state index in [4.69, 9.17) is 14.2 Å². The van der Waals surface area contributed by atoms with E-state index in [1.165, 1.54) is 18.8 Å². The average molecular weight is 559 g/mol. The molecule has 0 bridgehead atoms. The number of halogens is 1. The lowest BCUT2D eigenvalue weighted by molar-refractivity contribution is -0.139. The number of methoxy groups -OCH3 is 2. The molecule has 4 rings (SSSR count). The molecule has 1 atom stereocenters. The number of nitrogens with zero attached hydrogens (tertiary/aromatic N) is 2. The van der Waals surface area contributed by atoms with Crippen molar-refractivity contribution in [1.82, 2.24) is 4.57 Å². The Kier molecular flexibility index (Phi) is 7.13. The first-order chi connectivity index (χ1) is 16.8. The summed E-state index contributed by atoms with van der Waals surface area (Å²) in [7, 11) is 2.98. The summed E-state index contributed by atoms with van der Waals surface area (Å²) in [5.74, 6) is 0.156. The van der Waals surface area contributed by atoms with Crippen LogP contribution in [-0.2, 0) is 9.53 Å². The minimum atomic E-state index is -0.797. The van der Waals surface area contributed by atoms with E-state index in [1.807, 2.05) is 18.2 Å². The maximum Gasteiger partial charge on any atom is 0.338 e. The number of fused-ring (bicyclic) bond motifs is 1. The third-order valence-electron chi connectivity index (χ3n) is 5.53. The fourth-order valence-electron chi connectivity index (χ4n) is 3.98. The molecule has 1 aliphatic heterocycles. The highest BCUT2D eigenvalue weighted by Crippen LogP contribution is 2.36. The molecule has 0 saturated heterocycles. The van der Waals surface area contributed by atoms with Gasteiger partial charge >= 0.3 is 5.97 Å². The van der Waals surface area contributed by atoms with Crippen LogP contribution in [0.15, 0.2) is 61.9 Å². The Morgan fingerprint density at radius 2 is 1.94 bits per heavy atom. The van der Waals surface area contributed by atoms with E-state index in [-0.39, 0.29) is 29.2 Å². The third-order valence-corrected chi connectivity index (χ3v) is 6.97. The van der Waals surface area contributed by atoms with Crippen LogP contribution in [0.4, 0.5) is 0 Å². The molecule has 1 aromatic heterocycles. The molecular formula is C25H23BrN2O6S. The van der Waals surface area contributed by atoms with Gasteiger partial charge in [-0.15, -0.1) is 0 Å². The van der Waals surface area contributed by atoms with E-state index in [1.54, 1.807) is 38.1 Å². The van der Waals surface area contributed by atoms with Gasteiger partial charge in [-0.1, -0.05) is 45.5 Å². The number of ether oxygens (including phenoxy) is 3. The molecule has 35 heavy (non-hydrogen) atoms. The average Bonchev–Trinajstić information content (AvgIpc) is 3.14. The Bertz CT molecular complexity index is 1520. The number of esters is 1. The molecule has 0 aliphatic carbocycles. The molecule has 0 amide bonds. The van der Waals surface area contributed by atoms with Crippen LogP contribution < -0.4 is 24.4 Å². The van der Waals surface area contributed by atoms with Crippen molar-refractivity contribution in [3.05, 3.63) is 83.0 Å². The number of phenols is 1. The Balaban J connectivity index is 2.01. The number of aromatic hydroxyl groups is 1. The molecular weight excluding hydrogens is 536 g/mol. The molecule has 1 N–H and O–H groups in total. The van der Waals surface area contributed by atoms with Gasteiger partial charge in [0.05, 0.1) is 36.6 Å². The van der Waals surface area contributed by atoms with Crippen LogP contribution in [-0.4, -0.2) is 36.5 Å². The maximum absolute atomic E-state index is 13.7. The summed E-state index contributed by atoms with van der Waals surface area (Å²) >= 11 is 4.56. The third kappa shape index (κ3) is 4.51. The number of hydrogen-bond acceptors (Lipinski definition) is 8. The molecule has 0 spiro atoms. The molecule has 0 radical (unpaired) electrons. The van der Waals surface area contributed by atoms with Crippen molar-refractivity contribution in [2.24, 2.45) is 4.99 Å². The van der Waals surface area contributed by atoms with E-state index in [2.05, 4.69) is 20.9 Å². The van der Waals surface area contributed by atoms with E-state index in [9.17, 15) is 14.7 Å². The monoisotopic (exact) mass is 558 g/mol. The number of carbonyl (C=O) groups is 1. The van der Waals surface area contributed by atoms with Gasteiger partial charge in [-0.05, 0) is 38.1 Å². The number of aromatic nitrogens is 1. The van der Waals surface area contributed by atoms with E-state index >= 15 is 0 Å². The van der Waals surface area contributed by atoms with Crippen molar-refractivity contribution >= 4 is 39.3 Å². The van der Waals surface area contributed by atoms with Gasteiger partial charge in [-0.2, -0.15) is 0 Å². The number of para-hydroxylation sites is 1. The van der Waals surface area contributed by atoms with Crippen LogP contribution in [0.25, 0.3) is 6.08 Å². The van der Waals surface area contributed by atoms with Crippen molar-refractivity contribution < 1.29 is 24.1 Å². The second-order valence-corrected chi connectivity index (χ2v) is 9.51. The SMILES string of the molecule is CCOC(=O)C1=C(C)N=c2sc(=Cc3cc(Br)cc(OC)c3O)c(=O)n2C1c1ccccc1OC. The van der Waals surface area contributed by atoms with E-state index in [0.29, 0.717) is 36.4 Å². The number of hydrogen-bond donors (Lipinski definition) is 1. The highest BCUT2D eigenvalue weighted by atomic mass is 79.9. The Morgan fingerprint density at radius 1 is 1.23 bits per heavy atom. The van der Waals surface area contributed by atoms with Crippen molar-refractivity contribution in [2.45, 2.75) is 19.9 Å². The molecule has 182 valence electrons. The smallest absolute Gasteiger partial charge is 0.338 e. The summed E-state index contributed by atoms with van der Waals surface area (Å²) in [5.41, 5.74) is 1.39. The molecule has 2 aromatic carbocycles. The predicted octanol–water partition coefficient (Wildman–Crippen LogP) is 3.28. The summed E-state index contributed by atoms with van der Waals surface area (Å²) < 4.78 is 18.6. The lowest BCUT2D eigenvalue weighted by atomic mass is 9.95. The lowest BCUT2D eigenvalue weighted by Crippen LogP contribution is -2.40. The normalized spacial score (nSPS) is 15.5. The Labute approximate surface area is 213 Å². The predicted molar refractivity (Wildman–Crippen MR) is 136 cm³/mol. The Hall–Kier alpha value is -3.37. The molecule has 2 heterocycles. The van der Waals surface area contributed by atoms with Gasteiger partial charge in [-0.3, -0.25) is 9.36 Å². The standard InChI is InChI=1S/C25H23BrN2O6S/c1-5-34-24(31)20-13(2)27-25-28(21(20)16-8-6-7-9-17(16)32-3)23(30)19(35-25)11-14-10-15(26)12-18(33-4)22(14)29/h6-12,21,29H,5H2,1-4H3. The molecule has 0 saturated carbocycles. The van der Waals surface area contributed by atoms with E-state index in [0.717, 1.165) is 11.3 Å². The van der Waals surface area contributed by atoms with Crippen LogP contribution in [0.5, 0.6) is 17.2 Å². The zero-order valence-corrected chi connectivity index (χ0v) is 21.9. The molecule has 3 aromatic rings. The maximum atomic E-state index is 13.7. The molecule has 0 fully saturated rings. The van der Waals surface area contributed by atoms with Gasteiger partial charge in [0.2, 0.25) is 0 Å². The zero-order chi connectivity index (χ0) is 25.3. The van der Waals surface area contributed by atoms with Crippen molar-refractivity contribution in [3.8, 4) is 17.2 Å². The minimum absolute atomic E-state index is 0.0915. The summed E-state index contributed by atoms with van der Waals surface area (Å²) in [6, 6.07) is 9.73. The van der Waals surface area contributed by atoms with Crippen LogP contribution in [0, 0.1) is 0 Å². The van der Waals surface area contributed by atoms with Crippen LogP contribution in [0.2, 0.25) is 0 Å². The number of allylic oxidation sites excluding steroid dienone is 1.